The van der Waals surface area contributed by atoms with Crippen LogP contribution in [0.2, 0.25) is 5.04 Å². The van der Waals surface area contributed by atoms with Crippen molar-refractivity contribution in [2.45, 2.75) is 57.7 Å². The molecule has 0 aliphatic carbocycles. The Balaban J connectivity index is 1.30. The van der Waals surface area contributed by atoms with Gasteiger partial charge >= 0.3 is 0 Å². The van der Waals surface area contributed by atoms with Crippen molar-refractivity contribution >= 4 is 30.2 Å². The molecular formula is C36H37F2N7O3Si. The zero-order valence-corrected chi connectivity index (χ0v) is 28.6. The number of hydrogen-bond acceptors (Lipinski definition) is 7. The first-order valence-electron chi connectivity index (χ1n) is 15.9. The second-order valence-corrected chi connectivity index (χ2v) is 16.9. The minimum absolute atomic E-state index is 0.209. The third-order valence-electron chi connectivity index (χ3n) is 9.28. The number of amides is 1. The monoisotopic (exact) mass is 681 g/mol. The maximum absolute atomic E-state index is 14.3. The van der Waals surface area contributed by atoms with Gasteiger partial charge in [0.15, 0.2) is 17.2 Å². The molecule has 49 heavy (non-hydrogen) atoms. The van der Waals surface area contributed by atoms with Gasteiger partial charge < -0.3 is 14.8 Å². The zero-order valence-electron chi connectivity index (χ0n) is 27.6. The number of benzene rings is 3. The molecule has 3 aromatic carbocycles. The maximum Gasteiger partial charge on any atom is 0.271 e. The first-order chi connectivity index (χ1) is 23.4. The fourth-order valence-electron chi connectivity index (χ4n) is 6.35. The molecule has 0 spiro atoms. The van der Waals surface area contributed by atoms with Gasteiger partial charge in [-0.1, -0.05) is 85.8 Å². The Labute approximate surface area is 283 Å². The van der Waals surface area contributed by atoms with Gasteiger partial charge in [-0.3, -0.25) is 9.20 Å². The van der Waals surface area contributed by atoms with Gasteiger partial charge in [-0.15, -0.1) is 10.2 Å². The molecule has 1 amide bonds. The fourth-order valence-corrected chi connectivity index (χ4v) is 10.1. The smallest absolute Gasteiger partial charge is 0.271 e. The Bertz CT molecular complexity index is 2020. The number of carbonyl (C=O) groups is 1. The minimum atomic E-state index is -3.35. The van der Waals surface area contributed by atoms with Crippen LogP contribution in [0.25, 0.3) is 5.65 Å². The lowest BCUT2D eigenvalue weighted by molar-refractivity contribution is 0.0884. The number of nitrogens with one attached hydrogen (secondary N) is 2. The van der Waals surface area contributed by atoms with Crippen LogP contribution >= 0.6 is 0 Å². The van der Waals surface area contributed by atoms with Crippen LogP contribution in [0.4, 0.5) is 8.78 Å². The Hall–Kier alpha value is -5.27. The molecule has 0 bridgehead atoms. The number of fused-ring (bicyclic) bond motifs is 1. The highest BCUT2D eigenvalue weighted by atomic mass is 28.4. The van der Waals surface area contributed by atoms with Crippen LogP contribution in [0.15, 0.2) is 97.2 Å². The van der Waals surface area contributed by atoms with Gasteiger partial charge in [-0.2, -0.15) is 5.21 Å². The van der Waals surface area contributed by atoms with Gasteiger partial charge in [0.1, 0.15) is 29.5 Å². The van der Waals surface area contributed by atoms with Crippen molar-refractivity contribution in [2.24, 2.45) is 0 Å². The van der Waals surface area contributed by atoms with Gasteiger partial charge in [0, 0.05) is 6.20 Å². The van der Waals surface area contributed by atoms with E-state index in [1.165, 1.54) is 18.2 Å². The average Bonchev–Trinajstić information content (AvgIpc) is 3.76. The molecule has 3 aromatic heterocycles. The number of aryl methyl sites for hydroxylation is 1. The van der Waals surface area contributed by atoms with Crippen molar-refractivity contribution in [2.75, 3.05) is 0 Å². The van der Waals surface area contributed by atoms with Gasteiger partial charge in [0.05, 0.1) is 11.3 Å². The van der Waals surface area contributed by atoms with Crippen LogP contribution in [0, 0.1) is 18.6 Å². The van der Waals surface area contributed by atoms with Crippen LogP contribution in [-0.2, 0) is 12.1 Å². The molecule has 10 nitrogen and oxygen atoms in total. The predicted octanol–water partition coefficient (Wildman–Crippen LogP) is 4.97. The van der Waals surface area contributed by atoms with E-state index in [0.29, 0.717) is 24.2 Å². The Morgan fingerprint density at radius 3 is 2.14 bits per heavy atom. The summed E-state index contributed by atoms with van der Waals surface area (Å²) in [7, 11) is -3.35. The summed E-state index contributed by atoms with van der Waals surface area (Å²) in [6.07, 6.45) is 2.52. The first-order valence-corrected chi connectivity index (χ1v) is 17.8. The maximum atomic E-state index is 14.3. The average molecular weight is 682 g/mol. The summed E-state index contributed by atoms with van der Waals surface area (Å²) >= 11 is 0. The van der Waals surface area contributed by atoms with Gasteiger partial charge in [-0.05, 0) is 66.4 Å². The summed E-state index contributed by atoms with van der Waals surface area (Å²) in [5, 5.41) is 19.1. The normalized spacial score (nSPS) is 13.3. The van der Waals surface area contributed by atoms with E-state index < -0.39 is 36.4 Å². The van der Waals surface area contributed by atoms with E-state index in [1.807, 2.05) is 67.6 Å². The number of imidazole rings is 1. The van der Waals surface area contributed by atoms with Crippen molar-refractivity contribution in [3.8, 4) is 5.75 Å². The number of H-pyrrole nitrogens is 1. The van der Waals surface area contributed by atoms with Crippen LogP contribution in [-0.4, -0.2) is 49.0 Å². The quantitative estimate of drug-likeness (QED) is 0.156. The molecule has 13 heteroatoms. The topological polar surface area (TPSA) is 130 Å². The van der Waals surface area contributed by atoms with E-state index >= 15 is 0 Å². The second kappa shape index (κ2) is 13.3. The highest BCUT2D eigenvalue weighted by Crippen LogP contribution is 2.42. The molecule has 0 saturated carbocycles. The summed E-state index contributed by atoms with van der Waals surface area (Å²) in [4.78, 5) is 31.4. The zero-order chi connectivity index (χ0) is 34.8. The van der Waals surface area contributed by atoms with E-state index in [9.17, 15) is 18.4 Å². The van der Waals surface area contributed by atoms with Crippen molar-refractivity contribution in [3.05, 3.63) is 132 Å². The molecule has 0 fully saturated rings. The summed E-state index contributed by atoms with van der Waals surface area (Å²) < 4.78 is 35.9. The van der Waals surface area contributed by atoms with Crippen LogP contribution in [0.5, 0.6) is 5.75 Å². The van der Waals surface area contributed by atoms with Gasteiger partial charge in [-0.25, -0.2) is 13.8 Å². The Morgan fingerprint density at radius 1 is 0.918 bits per heavy atom. The van der Waals surface area contributed by atoms with Crippen molar-refractivity contribution in [3.63, 3.8) is 0 Å². The van der Waals surface area contributed by atoms with Crippen LogP contribution in [0.3, 0.4) is 0 Å². The van der Waals surface area contributed by atoms with E-state index in [1.54, 1.807) is 29.7 Å². The summed E-state index contributed by atoms with van der Waals surface area (Å²) in [6.45, 7) is 7.27. The highest BCUT2D eigenvalue weighted by Gasteiger charge is 2.51. The predicted molar refractivity (Wildman–Crippen MR) is 183 cm³/mol. The number of rotatable bonds is 12. The third-order valence-corrected chi connectivity index (χ3v) is 13.8. The Morgan fingerprint density at radius 2 is 1.55 bits per heavy atom. The highest BCUT2D eigenvalue weighted by molar-refractivity contribution is 6.98. The van der Waals surface area contributed by atoms with Crippen molar-refractivity contribution in [1.82, 2.24) is 35.3 Å². The molecule has 1 unspecified atom stereocenters. The fraction of sp³-hybridized carbons (Fsp3) is 0.250. The number of ether oxygens (including phenoxy) is 1. The molecule has 0 aliphatic rings. The lowest BCUT2D eigenvalue weighted by Crippen LogP contribution is -2.65. The van der Waals surface area contributed by atoms with E-state index in [-0.39, 0.29) is 29.4 Å². The molecule has 3 heterocycles. The van der Waals surface area contributed by atoms with E-state index in [4.69, 9.17) is 4.74 Å². The number of nitrogens with zero attached hydrogens (tertiary/aromatic N) is 5. The molecular weight excluding hydrogens is 645 g/mol. The van der Waals surface area contributed by atoms with Crippen molar-refractivity contribution < 1.29 is 23.1 Å². The second-order valence-electron chi connectivity index (χ2n) is 12.9. The number of hydrogen-bond donors (Lipinski definition) is 3. The van der Waals surface area contributed by atoms with E-state index in [0.717, 1.165) is 10.4 Å². The molecule has 6 aromatic rings. The lowest BCUT2D eigenvalue weighted by atomic mass is 9.90. The molecule has 0 aliphatic heterocycles. The van der Waals surface area contributed by atoms with Gasteiger partial charge in [0.25, 0.3) is 14.2 Å². The standard InChI is InChI=1S/C36H37F2N7O3Si/c1-24-31(45-22-12-19-30(32(45)39-24)48-23-27-28(37)17-11-18-29(27)38)33(46)40-36(4,34-41-43-44-42-34)21-20-35(2,3)49(47,25-13-7-5-8-14-25)26-15-9-6-10-16-26/h5-19,22,47H,20-21,23H2,1-4H3,(H,40,46)(H,41,42,43,44). The Kier molecular flexibility index (Phi) is 9.14. The molecule has 3 N–H and O–H groups in total. The molecule has 6 rings (SSSR count). The number of pyridine rings is 1. The first kappa shape index (κ1) is 33.6. The number of aromatic amines is 1. The molecule has 252 valence electrons. The largest absolute Gasteiger partial charge is 0.485 e. The third kappa shape index (κ3) is 6.34. The number of tetrazole rings is 1. The number of carbonyl (C=O) groups excluding carboxylic acids is 1. The number of aromatic nitrogens is 6. The van der Waals surface area contributed by atoms with Crippen LogP contribution in [0.1, 0.15) is 61.2 Å². The lowest BCUT2D eigenvalue weighted by Gasteiger charge is -2.43. The summed E-state index contributed by atoms with van der Waals surface area (Å²) in [5.41, 5.74) is -0.357. The van der Waals surface area contributed by atoms with Crippen LogP contribution < -0.4 is 20.4 Å². The van der Waals surface area contributed by atoms with E-state index in [2.05, 4.69) is 44.8 Å². The van der Waals surface area contributed by atoms with Crippen molar-refractivity contribution in [1.29, 1.82) is 0 Å². The molecule has 0 radical (unpaired) electrons. The SMILES string of the molecule is Cc1nc2c(OCc3c(F)cccc3F)cccn2c1C(=O)NC(C)(CCC(C)(C)[Si](O)(c1ccccc1)c1ccccc1)c1nn[nH]n1. The number of halogens is 2. The molecule has 0 saturated heterocycles. The molecule has 1 atom stereocenters. The minimum Gasteiger partial charge on any atom is -0.485 e. The summed E-state index contributed by atoms with van der Waals surface area (Å²) in [5.74, 6) is -1.36. The van der Waals surface area contributed by atoms with Gasteiger partial charge in [0.2, 0.25) is 0 Å². The summed E-state index contributed by atoms with van der Waals surface area (Å²) in [6, 6.07) is 26.4.